The fourth-order valence-corrected chi connectivity index (χ4v) is 4.30. The Hall–Kier alpha value is -2.34. The first-order chi connectivity index (χ1) is 11.5. The number of nitrogens with one attached hydrogen (secondary N) is 1. The summed E-state index contributed by atoms with van der Waals surface area (Å²) in [4.78, 5) is 4.54. The fraction of sp³-hybridized carbons (Fsp3) is 0.278. The zero-order chi connectivity index (χ0) is 16.7. The molecule has 0 radical (unpaired) electrons. The van der Waals surface area contributed by atoms with E-state index in [0.29, 0.717) is 27.6 Å². The molecule has 0 spiro atoms. The third kappa shape index (κ3) is 2.78. The van der Waals surface area contributed by atoms with Gasteiger partial charge >= 0.3 is 0 Å². The fourth-order valence-electron chi connectivity index (χ4n) is 3.20. The lowest BCUT2D eigenvalue weighted by Gasteiger charge is -2.17. The second-order valence-corrected chi connectivity index (χ2v) is 7.84. The number of hydrogen-bond acceptors (Lipinski definition) is 4. The number of anilines is 1. The number of aromatic nitrogens is 1. The molecule has 124 valence electrons. The van der Waals surface area contributed by atoms with Crippen molar-refractivity contribution in [3.8, 4) is 0 Å². The van der Waals surface area contributed by atoms with Crippen molar-refractivity contribution in [3.63, 3.8) is 0 Å². The number of hydrogen-bond donors (Lipinski definition) is 1. The molecule has 0 saturated carbocycles. The van der Waals surface area contributed by atoms with Crippen molar-refractivity contribution >= 4 is 26.8 Å². The molecule has 0 unspecified atom stereocenters. The Morgan fingerprint density at radius 1 is 1.04 bits per heavy atom. The van der Waals surface area contributed by atoms with Crippen LogP contribution in [0.15, 0.2) is 45.7 Å². The van der Waals surface area contributed by atoms with Gasteiger partial charge in [-0.3, -0.25) is 4.72 Å². The van der Waals surface area contributed by atoms with E-state index in [-0.39, 0.29) is 0 Å². The van der Waals surface area contributed by atoms with E-state index in [2.05, 4.69) is 9.71 Å². The molecule has 0 fully saturated rings. The molecule has 1 aliphatic rings. The van der Waals surface area contributed by atoms with Gasteiger partial charge < -0.3 is 4.42 Å². The molecule has 5 nitrogen and oxygen atoms in total. The van der Waals surface area contributed by atoms with Crippen LogP contribution in [-0.2, 0) is 22.9 Å². The van der Waals surface area contributed by atoms with E-state index in [1.54, 1.807) is 37.3 Å². The van der Waals surface area contributed by atoms with Crippen LogP contribution in [0, 0.1) is 6.92 Å². The van der Waals surface area contributed by atoms with Gasteiger partial charge in [-0.1, -0.05) is 6.07 Å². The summed E-state index contributed by atoms with van der Waals surface area (Å²) < 4.78 is 33.4. The minimum Gasteiger partial charge on any atom is -0.441 e. The number of aryl methyl sites for hydroxylation is 3. The molecule has 2 aromatic carbocycles. The maximum Gasteiger partial charge on any atom is 0.261 e. The van der Waals surface area contributed by atoms with E-state index in [1.807, 2.05) is 6.07 Å². The van der Waals surface area contributed by atoms with Crippen molar-refractivity contribution in [3.05, 3.63) is 53.4 Å². The second kappa shape index (κ2) is 5.63. The van der Waals surface area contributed by atoms with Crippen LogP contribution in [0.3, 0.4) is 0 Å². The van der Waals surface area contributed by atoms with E-state index in [4.69, 9.17) is 4.42 Å². The number of oxazole rings is 1. The Balaban J connectivity index is 1.66. The smallest absolute Gasteiger partial charge is 0.261 e. The van der Waals surface area contributed by atoms with Gasteiger partial charge in [0.25, 0.3) is 10.0 Å². The molecule has 0 amide bonds. The lowest BCUT2D eigenvalue weighted by atomic mass is 9.92. The van der Waals surface area contributed by atoms with Gasteiger partial charge in [-0.2, -0.15) is 0 Å². The van der Waals surface area contributed by atoms with Gasteiger partial charge in [-0.15, -0.1) is 0 Å². The van der Waals surface area contributed by atoms with E-state index >= 15 is 0 Å². The number of sulfonamides is 1. The summed E-state index contributed by atoms with van der Waals surface area (Å²) in [7, 11) is -3.62. The summed E-state index contributed by atoms with van der Waals surface area (Å²) in [6, 6.07) is 10.5. The molecule has 0 saturated heterocycles. The van der Waals surface area contributed by atoms with Crippen LogP contribution in [0.2, 0.25) is 0 Å². The summed E-state index contributed by atoms with van der Waals surface area (Å²) in [5.41, 5.74) is 4.17. The highest BCUT2D eigenvalue weighted by atomic mass is 32.2. The predicted molar refractivity (Wildman–Crippen MR) is 92.6 cm³/mol. The predicted octanol–water partition coefficient (Wildman–Crippen LogP) is 3.82. The average molecular weight is 342 g/mol. The molecule has 1 N–H and O–H groups in total. The van der Waals surface area contributed by atoms with Crippen molar-refractivity contribution in [1.82, 2.24) is 4.98 Å². The first-order valence-corrected chi connectivity index (χ1v) is 9.51. The molecule has 1 aliphatic carbocycles. The number of fused-ring (bicyclic) bond motifs is 2. The van der Waals surface area contributed by atoms with E-state index in [0.717, 1.165) is 24.8 Å². The second-order valence-electron chi connectivity index (χ2n) is 6.16. The Morgan fingerprint density at radius 2 is 1.83 bits per heavy atom. The molecule has 1 heterocycles. The van der Waals surface area contributed by atoms with Gasteiger partial charge in [0.2, 0.25) is 0 Å². The minimum atomic E-state index is -3.62. The number of nitrogens with zero attached hydrogens (tertiary/aromatic N) is 1. The van der Waals surface area contributed by atoms with Crippen LogP contribution >= 0.6 is 0 Å². The zero-order valence-corrected chi connectivity index (χ0v) is 14.2. The van der Waals surface area contributed by atoms with Crippen LogP contribution < -0.4 is 4.72 Å². The lowest BCUT2D eigenvalue weighted by Crippen LogP contribution is -2.14. The molecular weight excluding hydrogens is 324 g/mol. The van der Waals surface area contributed by atoms with Crippen molar-refractivity contribution < 1.29 is 12.8 Å². The first-order valence-electron chi connectivity index (χ1n) is 8.03. The minimum absolute atomic E-state index is 0.305. The van der Waals surface area contributed by atoms with Gasteiger partial charge in [-0.25, -0.2) is 13.4 Å². The molecule has 0 atom stereocenters. The molecular formula is C18H18N2O3S. The summed E-state index contributed by atoms with van der Waals surface area (Å²) >= 11 is 0. The Kier molecular flexibility index (Phi) is 3.57. The maximum absolute atomic E-state index is 12.7. The van der Waals surface area contributed by atoms with E-state index in [9.17, 15) is 8.42 Å². The highest BCUT2D eigenvalue weighted by Gasteiger charge is 2.18. The topological polar surface area (TPSA) is 72.2 Å². The largest absolute Gasteiger partial charge is 0.441 e. The van der Waals surface area contributed by atoms with Crippen LogP contribution in [0.1, 0.15) is 29.9 Å². The summed E-state index contributed by atoms with van der Waals surface area (Å²) in [5, 5.41) is 0. The quantitative estimate of drug-likeness (QED) is 0.785. The Morgan fingerprint density at radius 3 is 2.67 bits per heavy atom. The van der Waals surface area contributed by atoms with Crippen LogP contribution in [0.4, 0.5) is 5.69 Å². The van der Waals surface area contributed by atoms with Crippen molar-refractivity contribution in [1.29, 1.82) is 0 Å². The molecule has 0 aliphatic heterocycles. The molecule has 24 heavy (non-hydrogen) atoms. The molecule has 4 rings (SSSR count). The highest BCUT2D eigenvalue weighted by molar-refractivity contribution is 7.92. The van der Waals surface area contributed by atoms with Gasteiger partial charge in [0, 0.05) is 6.92 Å². The normalized spacial score (nSPS) is 14.5. The molecule has 1 aromatic heterocycles. The highest BCUT2D eigenvalue weighted by Crippen LogP contribution is 2.26. The van der Waals surface area contributed by atoms with Crippen LogP contribution in [0.25, 0.3) is 11.1 Å². The Labute approximate surface area is 140 Å². The first kappa shape index (κ1) is 15.2. The number of benzene rings is 2. The van der Waals surface area contributed by atoms with Crippen molar-refractivity contribution in [2.24, 2.45) is 0 Å². The van der Waals surface area contributed by atoms with Gasteiger partial charge in [-0.05, 0) is 67.1 Å². The molecule has 0 bridgehead atoms. The standard InChI is InChI=1S/C18H18N2O3S/c1-12-19-17-11-15(7-9-18(17)23-12)20-24(21,22)16-8-6-13-4-2-3-5-14(13)10-16/h6-11,20H,2-5H2,1H3. The summed E-state index contributed by atoms with van der Waals surface area (Å²) in [6.07, 6.45) is 4.27. The van der Waals surface area contributed by atoms with E-state index in [1.165, 1.54) is 12.0 Å². The van der Waals surface area contributed by atoms with Crippen molar-refractivity contribution in [2.45, 2.75) is 37.5 Å². The average Bonchev–Trinajstić information content (AvgIpc) is 2.93. The Bertz CT molecular complexity index is 1020. The zero-order valence-electron chi connectivity index (χ0n) is 13.4. The third-order valence-corrected chi connectivity index (χ3v) is 5.76. The number of rotatable bonds is 3. The van der Waals surface area contributed by atoms with Crippen molar-refractivity contribution in [2.75, 3.05) is 4.72 Å². The summed E-state index contributed by atoms with van der Waals surface area (Å²) in [5.74, 6) is 0.555. The van der Waals surface area contributed by atoms with Gasteiger partial charge in [0.1, 0.15) is 5.52 Å². The SMILES string of the molecule is Cc1nc2cc(NS(=O)(=O)c3ccc4c(c3)CCCC4)ccc2o1. The van der Waals surface area contributed by atoms with E-state index < -0.39 is 10.0 Å². The van der Waals surface area contributed by atoms with Crippen LogP contribution in [0.5, 0.6) is 0 Å². The van der Waals surface area contributed by atoms with Crippen LogP contribution in [-0.4, -0.2) is 13.4 Å². The monoisotopic (exact) mass is 342 g/mol. The van der Waals surface area contributed by atoms with Gasteiger partial charge in [0.05, 0.1) is 10.6 Å². The summed E-state index contributed by atoms with van der Waals surface area (Å²) in [6.45, 7) is 1.76. The maximum atomic E-state index is 12.7. The third-order valence-electron chi connectivity index (χ3n) is 4.38. The molecule has 6 heteroatoms. The van der Waals surface area contributed by atoms with Gasteiger partial charge in [0.15, 0.2) is 11.5 Å². The lowest BCUT2D eigenvalue weighted by molar-refractivity contribution is 0.561. The molecule has 3 aromatic rings.